The molecular weight excluding hydrogens is 298 g/mol. The van der Waals surface area contributed by atoms with Crippen molar-refractivity contribution >= 4 is 21.8 Å². The van der Waals surface area contributed by atoms with Crippen molar-refractivity contribution in [3.63, 3.8) is 0 Å². The Bertz CT molecular complexity index is 593. The highest BCUT2D eigenvalue weighted by molar-refractivity contribution is 9.10. The third-order valence-electron chi connectivity index (χ3n) is 2.57. The van der Waals surface area contributed by atoms with Crippen LogP contribution >= 0.6 is 15.9 Å². The maximum absolute atomic E-state index is 11.0. The molecule has 0 radical (unpaired) electrons. The highest BCUT2D eigenvalue weighted by atomic mass is 79.9. The van der Waals surface area contributed by atoms with E-state index in [0.29, 0.717) is 5.56 Å². The Labute approximate surface area is 112 Å². The average Bonchev–Trinajstić information content (AvgIpc) is 2.78. The van der Waals surface area contributed by atoms with E-state index in [1.54, 1.807) is 23.9 Å². The van der Waals surface area contributed by atoms with Crippen LogP contribution in [0.15, 0.2) is 35.1 Å². The van der Waals surface area contributed by atoms with E-state index in [9.17, 15) is 9.90 Å². The molecule has 0 bridgehead atoms. The van der Waals surface area contributed by atoms with E-state index in [1.165, 1.54) is 6.20 Å². The molecule has 0 fully saturated rings. The van der Waals surface area contributed by atoms with Gasteiger partial charge in [-0.05, 0) is 40.5 Å². The predicted octanol–water partition coefficient (Wildman–Crippen LogP) is 1.79. The average molecular weight is 310 g/mol. The quantitative estimate of drug-likeness (QED) is 0.907. The molecule has 5 nitrogen and oxygen atoms in total. The Morgan fingerprint density at radius 1 is 1.56 bits per heavy atom. The van der Waals surface area contributed by atoms with Gasteiger partial charge in [0, 0.05) is 10.7 Å². The molecule has 0 saturated carbocycles. The van der Waals surface area contributed by atoms with Gasteiger partial charge in [-0.2, -0.15) is 5.10 Å². The van der Waals surface area contributed by atoms with Gasteiger partial charge in [-0.25, -0.2) is 4.68 Å². The Balaban J connectivity index is 2.41. The Kier molecular flexibility index (Phi) is 3.49. The minimum Gasteiger partial charge on any atom is -0.389 e. The smallest absolute Gasteiger partial charge is 0.251 e. The van der Waals surface area contributed by atoms with E-state index in [1.807, 2.05) is 12.1 Å². The number of benzene rings is 1. The maximum atomic E-state index is 11.0. The van der Waals surface area contributed by atoms with Gasteiger partial charge in [-0.1, -0.05) is 6.07 Å². The molecule has 3 N–H and O–H groups in total. The van der Waals surface area contributed by atoms with E-state index in [0.717, 1.165) is 15.7 Å². The van der Waals surface area contributed by atoms with Gasteiger partial charge in [-0.3, -0.25) is 4.79 Å². The number of aliphatic hydroxyl groups is 1. The normalized spacial score (nSPS) is 12.4. The molecule has 0 aliphatic rings. The highest BCUT2D eigenvalue weighted by Crippen LogP contribution is 2.25. The van der Waals surface area contributed by atoms with Crippen molar-refractivity contribution in [2.75, 3.05) is 0 Å². The summed E-state index contributed by atoms with van der Waals surface area (Å²) in [6.45, 7) is 1.69. The first-order chi connectivity index (χ1) is 8.49. The van der Waals surface area contributed by atoms with Crippen LogP contribution in [0, 0.1) is 0 Å². The summed E-state index contributed by atoms with van der Waals surface area (Å²) in [5, 5.41) is 13.5. The number of aromatic nitrogens is 2. The van der Waals surface area contributed by atoms with Crippen molar-refractivity contribution < 1.29 is 9.90 Å². The number of hydrogen-bond donors (Lipinski definition) is 2. The van der Waals surface area contributed by atoms with Crippen LogP contribution < -0.4 is 5.73 Å². The van der Waals surface area contributed by atoms with E-state index in [2.05, 4.69) is 21.0 Å². The van der Waals surface area contributed by atoms with Crippen LogP contribution in [0.1, 0.15) is 28.9 Å². The monoisotopic (exact) mass is 309 g/mol. The first kappa shape index (κ1) is 12.8. The summed E-state index contributed by atoms with van der Waals surface area (Å²) in [6, 6.07) is 5.42. The molecule has 1 atom stereocenters. The number of nitrogens with zero attached hydrogens (tertiary/aromatic N) is 2. The van der Waals surface area contributed by atoms with Crippen LogP contribution in [0.25, 0.3) is 5.69 Å². The van der Waals surface area contributed by atoms with Gasteiger partial charge in [0.15, 0.2) is 0 Å². The van der Waals surface area contributed by atoms with Gasteiger partial charge in [0.1, 0.15) is 0 Å². The predicted molar refractivity (Wildman–Crippen MR) is 70.4 cm³/mol. The van der Waals surface area contributed by atoms with Gasteiger partial charge < -0.3 is 10.8 Å². The molecule has 1 aromatic carbocycles. The zero-order valence-electron chi connectivity index (χ0n) is 9.67. The number of amides is 1. The Morgan fingerprint density at radius 3 is 2.78 bits per heavy atom. The third kappa shape index (κ3) is 2.44. The standard InChI is InChI=1S/C12H12BrN3O2/c1-7(17)8-2-3-11(10(13)4-8)16-6-9(5-15-16)12(14)18/h2-7,17H,1H3,(H2,14,18). The van der Waals surface area contributed by atoms with Crippen molar-refractivity contribution in [3.8, 4) is 5.69 Å². The largest absolute Gasteiger partial charge is 0.389 e. The molecule has 2 aromatic rings. The first-order valence-corrected chi connectivity index (χ1v) is 6.10. The Hall–Kier alpha value is -1.66. The van der Waals surface area contributed by atoms with E-state index in [-0.39, 0.29) is 0 Å². The molecule has 1 heterocycles. The van der Waals surface area contributed by atoms with Crippen LogP contribution in [0.3, 0.4) is 0 Å². The van der Waals surface area contributed by atoms with E-state index >= 15 is 0 Å². The molecule has 2 rings (SSSR count). The first-order valence-electron chi connectivity index (χ1n) is 5.31. The van der Waals surface area contributed by atoms with Crippen LogP contribution in [-0.4, -0.2) is 20.8 Å². The fourth-order valence-electron chi connectivity index (χ4n) is 1.55. The SMILES string of the molecule is CC(O)c1ccc(-n2cc(C(N)=O)cn2)c(Br)c1. The summed E-state index contributed by atoms with van der Waals surface area (Å²) in [6.07, 6.45) is 2.44. The molecule has 1 aromatic heterocycles. The van der Waals surface area contributed by atoms with Crippen LogP contribution in [0.2, 0.25) is 0 Å². The molecule has 0 spiro atoms. The summed E-state index contributed by atoms with van der Waals surface area (Å²) in [7, 11) is 0. The van der Waals surface area contributed by atoms with E-state index < -0.39 is 12.0 Å². The fraction of sp³-hybridized carbons (Fsp3) is 0.167. The van der Waals surface area contributed by atoms with Gasteiger partial charge in [0.05, 0.1) is 23.6 Å². The maximum Gasteiger partial charge on any atom is 0.251 e. The van der Waals surface area contributed by atoms with Crippen LogP contribution in [0.4, 0.5) is 0 Å². The molecule has 0 saturated heterocycles. The number of carbonyl (C=O) groups excluding carboxylic acids is 1. The zero-order valence-corrected chi connectivity index (χ0v) is 11.3. The molecule has 94 valence electrons. The molecule has 1 unspecified atom stereocenters. The summed E-state index contributed by atoms with van der Waals surface area (Å²) < 4.78 is 2.33. The van der Waals surface area contributed by atoms with Crippen molar-refractivity contribution in [1.82, 2.24) is 9.78 Å². The van der Waals surface area contributed by atoms with Crippen molar-refractivity contribution in [1.29, 1.82) is 0 Å². The second kappa shape index (κ2) is 4.91. The highest BCUT2D eigenvalue weighted by Gasteiger charge is 2.10. The second-order valence-corrected chi connectivity index (χ2v) is 4.78. The number of hydrogen-bond acceptors (Lipinski definition) is 3. The molecule has 1 amide bonds. The number of primary amides is 1. The van der Waals surface area contributed by atoms with Crippen LogP contribution in [-0.2, 0) is 0 Å². The second-order valence-electron chi connectivity index (χ2n) is 3.92. The molecule has 0 aliphatic carbocycles. The fourth-order valence-corrected chi connectivity index (χ4v) is 2.13. The van der Waals surface area contributed by atoms with Gasteiger partial charge in [-0.15, -0.1) is 0 Å². The zero-order chi connectivity index (χ0) is 13.3. The van der Waals surface area contributed by atoms with E-state index in [4.69, 9.17) is 5.73 Å². The van der Waals surface area contributed by atoms with Gasteiger partial charge in [0.2, 0.25) is 0 Å². The van der Waals surface area contributed by atoms with Crippen molar-refractivity contribution in [2.24, 2.45) is 5.73 Å². The third-order valence-corrected chi connectivity index (χ3v) is 3.20. The summed E-state index contributed by atoms with van der Waals surface area (Å²) >= 11 is 3.41. The number of nitrogens with two attached hydrogens (primary N) is 1. The number of halogens is 1. The van der Waals surface area contributed by atoms with Gasteiger partial charge in [0.25, 0.3) is 5.91 Å². The lowest BCUT2D eigenvalue weighted by Gasteiger charge is -2.09. The van der Waals surface area contributed by atoms with Crippen molar-refractivity contribution in [2.45, 2.75) is 13.0 Å². The molecular formula is C12H12BrN3O2. The lowest BCUT2D eigenvalue weighted by atomic mass is 10.1. The lowest BCUT2D eigenvalue weighted by molar-refractivity contribution is 0.100. The number of aliphatic hydroxyl groups excluding tert-OH is 1. The van der Waals surface area contributed by atoms with Gasteiger partial charge >= 0.3 is 0 Å². The summed E-state index contributed by atoms with van der Waals surface area (Å²) in [5.41, 5.74) is 7.09. The minimum atomic E-state index is -0.533. The number of carbonyl (C=O) groups is 1. The Morgan fingerprint density at radius 2 is 2.28 bits per heavy atom. The minimum absolute atomic E-state index is 0.349. The lowest BCUT2D eigenvalue weighted by Crippen LogP contribution is -2.09. The summed E-state index contributed by atoms with van der Waals surface area (Å²) in [4.78, 5) is 11.0. The number of rotatable bonds is 3. The van der Waals surface area contributed by atoms with Crippen molar-refractivity contribution in [3.05, 3.63) is 46.2 Å². The topological polar surface area (TPSA) is 81.1 Å². The molecule has 0 aliphatic heterocycles. The molecule has 6 heteroatoms. The molecule has 18 heavy (non-hydrogen) atoms. The summed E-state index contributed by atoms with van der Waals surface area (Å²) in [5.74, 6) is -0.516. The van der Waals surface area contributed by atoms with Crippen LogP contribution in [0.5, 0.6) is 0 Å².